The molecule has 0 aliphatic carbocycles. The minimum absolute atomic E-state index is 1.07. The number of nitrogens with zero attached hydrogens (tertiary/aromatic N) is 2. The number of pyridine rings is 2. The highest BCUT2D eigenvalue weighted by Gasteiger charge is 2.33. The molecule has 0 amide bonds. The van der Waals surface area contributed by atoms with Crippen LogP contribution in [0.3, 0.4) is 0 Å². The fourth-order valence-electron chi connectivity index (χ4n) is 4.97. The van der Waals surface area contributed by atoms with E-state index in [0.29, 0.717) is 0 Å². The lowest BCUT2D eigenvalue weighted by atomic mass is 9.86. The van der Waals surface area contributed by atoms with E-state index in [-0.39, 0.29) is 0 Å². The molecule has 0 unspecified atom stereocenters. The zero-order valence-electron chi connectivity index (χ0n) is 15.4. The lowest BCUT2D eigenvalue weighted by Gasteiger charge is -2.19. The van der Waals surface area contributed by atoms with Gasteiger partial charge >= 0.3 is 0 Å². The van der Waals surface area contributed by atoms with Crippen LogP contribution in [0.25, 0.3) is 33.3 Å². The van der Waals surface area contributed by atoms with Gasteiger partial charge in [-0.2, -0.15) is 9.13 Å². The number of fused-ring (bicyclic) bond motifs is 9. The van der Waals surface area contributed by atoms with Crippen molar-refractivity contribution in [2.24, 2.45) is 0 Å². The number of hydrogen-bond acceptors (Lipinski definition) is 0. The summed E-state index contributed by atoms with van der Waals surface area (Å²) in [5.74, 6) is 0. The van der Waals surface area contributed by atoms with E-state index < -0.39 is 0 Å². The van der Waals surface area contributed by atoms with Crippen LogP contribution in [0.1, 0.15) is 17.5 Å². The highest BCUT2D eigenvalue weighted by Crippen LogP contribution is 2.40. The predicted octanol–water partition coefficient (Wildman–Crippen LogP) is 4.25. The Bertz CT molecular complexity index is 1210. The van der Waals surface area contributed by atoms with Crippen molar-refractivity contribution in [2.45, 2.75) is 32.4 Å². The summed E-state index contributed by atoms with van der Waals surface area (Å²) in [6.45, 7) is 2.15. The minimum Gasteiger partial charge on any atom is -0.198 e. The van der Waals surface area contributed by atoms with Crippen LogP contribution < -0.4 is 9.13 Å². The van der Waals surface area contributed by atoms with Crippen molar-refractivity contribution >= 4 is 10.8 Å². The van der Waals surface area contributed by atoms with Crippen molar-refractivity contribution in [1.82, 2.24) is 0 Å². The van der Waals surface area contributed by atoms with Gasteiger partial charge in [0.2, 0.25) is 11.4 Å². The molecule has 2 aliphatic heterocycles. The van der Waals surface area contributed by atoms with Crippen molar-refractivity contribution in [1.29, 1.82) is 0 Å². The first-order chi connectivity index (χ1) is 13.4. The normalized spacial score (nSPS) is 14.7. The first kappa shape index (κ1) is 15.1. The molecule has 27 heavy (non-hydrogen) atoms. The van der Waals surface area contributed by atoms with E-state index >= 15 is 0 Å². The third-order valence-electron chi connectivity index (χ3n) is 6.22. The summed E-state index contributed by atoms with van der Waals surface area (Å²) in [5, 5.41) is 2.69. The zero-order valence-corrected chi connectivity index (χ0v) is 15.4. The quantitative estimate of drug-likeness (QED) is 0.419. The first-order valence-electron chi connectivity index (χ1n) is 9.95. The number of benzene rings is 2. The molecule has 0 saturated carbocycles. The monoisotopic (exact) mass is 350 g/mol. The molecule has 0 fully saturated rings. The molecule has 0 N–H and O–H groups in total. The van der Waals surface area contributed by atoms with Gasteiger partial charge < -0.3 is 0 Å². The maximum atomic E-state index is 2.48. The molecule has 0 radical (unpaired) electrons. The highest BCUT2D eigenvalue weighted by atomic mass is 15.0. The second-order valence-electron chi connectivity index (χ2n) is 7.71. The summed E-state index contributed by atoms with van der Waals surface area (Å²) in [6.07, 6.45) is 7.96. The number of hydrogen-bond donors (Lipinski definition) is 0. The average Bonchev–Trinajstić information content (AvgIpc) is 2.93. The summed E-state index contributed by atoms with van der Waals surface area (Å²) in [5.41, 5.74) is 8.65. The Morgan fingerprint density at radius 2 is 1.48 bits per heavy atom. The molecule has 2 heteroatoms. The van der Waals surface area contributed by atoms with Gasteiger partial charge in [0, 0.05) is 31.0 Å². The molecule has 2 aromatic carbocycles. The Morgan fingerprint density at radius 3 is 2.44 bits per heavy atom. The van der Waals surface area contributed by atoms with E-state index in [1.807, 2.05) is 0 Å². The Hall–Kier alpha value is -3.00. The molecule has 130 valence electrons. The van der Waals surface area contributed by atoms with Crippen molar-refractivity contribution in [3.63, 3.8) is 0 Å². The molecule has 6 rings (SSSR count). The third-order valence-corrected chi connectivity index (χ3v) is 6.22. The van der Waals surface area contributed by atoms with Crippen LogP contribution in [0.4, 0.5) is 0 Å². The van der Waals surface area contributed by atoms with Gasteiger partial charge in [-0.3, -0.25) is 0 Å². The van der Waals surface area contributed by atoms with Gasteiger partial charge in [-0.15, -0.1) is 0 Å². The summed E-state index contributed by atoms with van der Waals surface area (Å²) < 4.78 is 4.90. The van der Waals surface area contributed by atoms with E-state index in [1.54, 1.807) is 0 Å². The van der Waals surface area contributed by atoms with Crippen LogP contribution >= 0.6 is 0 Å². The van der Waals surface area contributed by atoms with Crippen LogP contribution in [-0.2, 0) is 25.9 Å². The lowest BCUT2D eigenvalue weighted by Crippen LogP contribution is -2.40. The van der Waals surface area contributed by atoms with Crippen LogP contribution in [0.15, 0.2) is 73.1 Å². The first-order valence-corrected chi connectivity index (χ1v) is 9.95. The Labute approximate surface area is 159 Å². The Kier molecular flexibility index (Phi) is 3.21. The fourth-order valence-corrected chi connectivity index (χ4v) is 4.97. The van der Waals surface area contributed by atoms with E-state index in [0.717, 1.165) is 25.9 Å². The molecular formula is C25H22N2+2. The smallest absolute Gasteiger partial charge is 0.198 e. The van der Waals surface area contributed by atoms with Crippen molar-refractivity contribution in [2.75, 3.05) is 0 Å². The molecule has 4 heterocycles. The average molecular weight is 350 g/mol. The van der Waals surface area contributed by atoms with E-state index in [4.69, 9.17) is 0 Å². The SMILES string of the molecule is c1cc[n+]2c(c1)-c1c(ccc3c1-c1c4ccccc4cc[n+]1CCC3)CC2. The highest BCUT2D eigenvalue weighted by molar-refractivity contribution is 5.98. The van der Waals surface area contributed by atoms with E-state index in [2.05, 4.69) is 82.2 Å². The summed E-state index contributed by atoms with van der Waals surface area (Å²) in [7, 11) is 0. The van der Waals surface area contributed by atoms with Gasteiger partial charge in [-0.05, 0) is 35.1 Å². The Balaban J connectivity index is 1.79. The topological polar surface area (TPSA) is 7.76 Å². The van der Waals surface area contributed by atoms with Gasteiger partial charge in [0.25, 0.3) is 0 Å². The van der Waals surface area contributed by atoms with Gasteiger partial charge in [0.05, 0.1) is 16.5 Å². The summed E-state index contributed by atoms with van der Waals surface area (Å²) in [6, 6.07) is 22.5. The van der Waals surface area contributed by atoms with Crippen molar-refractivity contribution < 1.29 is 9.13 Å². The predicted molar refractivity (Wildman–Crippen MR) is 107 cm³/mol. The molecule has 2 nitrogen and oxygen atoms in total. The molecule has 4 aromatic rings. The largest absolute Gasteiger partial charge is 0.221 e. The zero-order chi connectivity index (χ0) is 17.8. The molecule has 0 atom stereocenters. The Morgan fingerprint density at radius 1 is 0.630 bits per heavy atom. The van der Waals surface area contributed by atoms with Gasteiger partial charge in [0.15, 0.2) is 18.9 Å². The standard InChI is InChI=1S/C25H22N2/c1-2-8-21-18(6-1)12-17-27-15-5-7-19-10-11-20-13-16-26-14-4-3-9-22(26)23(20)24(19)25(21)27/h1-4,6,8-12,14,17H,5,7,13,15-16H2/q+2. The second-order valence-corrected chi connectivity index (χ2v) is 7.71. The number of aryl methyl sites for hydroxylation is 4. The van der Waals surface area contributed by atoms with Crippen molar-refractivity contribution in [3.05, 3.63) is 84.2 Å². The van der Waals surface area contributed by atoms with Crippen LogP contribution in [-0.4, -0.2) is 0 Å². The lowest BCUT2D eigenvalue weighted by molar-refractivity contribution is -0.688. The molecular weight excluding hydrogens is 328 g/mol. The molecule has 0 saturated heterocycles. The van der Waals surface area contributed by atoms with Crippen molar-refractivity contribution in [3.8, 4) is 22.5 Å². The van der Waals surface area contributed by atoms with Gasteiger partial charge in [0.1, 0.15) is 6.54 Å². The molecule has 2 aromatic heterocycles. The number of aromatic nitrogens is 2. The van der Waals surface area contributed by atoms with Gasteiger partial charge in [-0.1, -0.05) is 30.3 Å². The second kappa shape index (κ2) is 5.75. The van der Waals surface area contributed by atoms with E-state index in [1.165, 1.54) is 50.8 Å². The van der Waals surface area contributed by atoms with Crippen LogP contribution in [0, 0.1) is 0 Å². The molecule has 0 bridgehead atoms. The third kappa shape index (κ3) is 2.19. The maximum Gasteiger partial charge on any atom is 0.221 e. The van der Waals surface area contributed by atoms with E-state index in [9.17, 15) is 0 Å². The summed E-state index contributed by atoms with van der Waals surface area (Å²) in [4.78, 5) is 0. The molecule has 0 spiro atoms. The fraction of sp³-hybridized carbons (Fsp3) is 0.200. The minimum atomic E-state index is 1.07. The maximum absolute atomic E-state index is 2.48. The van der Waals surface area contributed by atoms with Gasteiger partial charge in [-0.25, -0.2) is 0 Å². The number of rotatable bonds is 0. The van der Waals surface area contributed by atoms with Crippen LogP contribution in [0.5, 0.6) is 0 Å². The van der Waals surface area contributed by atoms with Crippen LogP contribution in [0.2, 0.25) is 0 Å². The summed E-state index contributed by atoms with van der Waals surface area (Å²) >= 11 is 0. The molecule has 2 aliphatic rings.